The van der Waals surface area contributed by atoms with Crippen molar-refractivity contribution in [3.05, 3.63) is 97.1 Å². The van der Waals surface area contributed by atoms with Gasteiger partial charge in [-0.25, -0.2) is 23.8 Å². The van der Waals surface area contributed by atoms with Gasteiger partial charge in [0.15, 0.2) is 5.60 Å². The van der Waals surface area contributed by atoms with Gasteiger partial charge in [0.1, 0.15) is 38.4 Å². The van der Waals surface area contributed by atoms with Crippen molar-refractivity contribution in [1.29, 1.82) is 0 Å². The number of ether oxygens (including phenoxy) is 3. The summed E-state index contributed by atoms with van der Waals surface area (Å²) in [6.45, 7) is 5.88. The minimum Gasteiger partial charge on any atom is -0.520 e. The summed E-state index contributed by atoms with van der Waals surface area (Å²) in [5.41, 5.74) is 7.83. The first-order chi connectivity index (χ1) is 33.4. The van der Waals surface area contributed by atoms with Crippen molar-refractivity contribution in [2.75, 3.05) is 19.9 Å². The maximum atomic E-state index is 15.3. The fourth-order valence-electron chi connectivity index (χ4n) is 9.10. The number of hydrogen-bond acceptors (Lipinski definition) is 13. The topological polar surface area (TPSA) is 300 Å². The molecule has 375 valence electrons. The zero-order valence-electron chi connectivity index (χ0n) is 39.6. The molecular weight excluding hydrogens is 1000 g/mol. The van der Waals surface area contributed by atoms with Crippen LogP contribution in [0.2, 0.25) is 0 Å². The number of rotatable bonds is 20. The third-order valence-electron chi connectivity index (χ3n) is 12.9. The number of pyridine rings is 2. The molecule has 0 spiro atoms. The second-order valence-electron chi connectivity index (χ2n) is 17.7. The van der Waals surface area contributed by atoms with Crippen LogP contribution in [0.1, 0.15) is 97.0 Å². The number of nitrogens with two attached hydrogens (primary N) is 1. The number of alkyl carbamates (subject to hydrolysis) is 1. The quantitative estimate of drug-likeness (QED) is 0.0182. The molecule has 0 saturated carbocycles. The standard InChI is InChI=1S/C48H55FN9O12.Y/c1-5-48(67)31-15-36-41-29(18-58(36)44(63)30(31)20-69-45(48)64)39-33(13-12-28-25(4)32(49)16-35(56-41)38(28)39)55-37(60)21-68-23-54-47(66)70-19-27-10-8-26(9-11-27)17-52-42(61)34(7-6-14-51-46(50)65)57-43(62)40(24(2)3)53-22-59;/h8-11,15-16,24,33-34,40,67H,5-7,12-14,17-21,23H2,1-4H3,(H,52,61)(H,53,59)(H,54,66)(H,55,60)(H,57,62)(H3,50,51,65);/q-1;/t33-,34-,40-,48-;/m0./s1. The Morgan fingerprint density at radius 2 is 1.77 bits per heavy atom. The molecule has 7 amide bonds. The molecule has 4 aromatic rings. The van der Waals surface area contributed by atoms with E-state index in [1.54, 1.807) is 58.0 Å². The molecule has 23 heteroatoms. The summed E-state index contributed by atoms with van der Waals surface area (Å²) in [4.78, 5) is 105. The summed E-state index contributed by atoms with van der Waals surface area (Å²) in [6, 6.07) is 6.51. The SMILES string of the molecule is CC[C@@]1(O)C(=O)OCc2c1cc1n(c2=O)Cc2c-1nc1cc(F)c(C)c3c1c2[C@@H](NC(=O)COCNC(=O)OCc1ccc(CNC(=O)[C@H](CCCNC(N)=O)NC(=O)[C@@H](N[C-]=O)C(C)C)cc1)CC3.[Y]. The fourth-order valence-corrected chi connectivity index (χ4v) is 9.10. The smallest absolute Gasteiger partial charge is 0.409 e. The Kier molecular flexibility index (Phi) is 17.7. The summed E-state index contributed by atoms with van der Waals surface area (Å²) in [5.74, 6) is -3.15. The van der Waals surface area contributed by atoms with Gasteiger partial charge in [-0.15, -0.1) is 0 Å². The van der Waals surface area contributed by atoms with Gasteiger partial charge >= 0.3 is 18.1 Å². The van der Waals surface area contributed by atoms with E-state index in [1.807, 2.05) is 0 Å². The van der Waals surface area contributed by atoms with Crippen LogP contribution in [0.4, 0.5) is 14.0 Å². The number of urea groups is 1. The number of aromatic nitrogens is 2. The summed E-state index contributed by atoms with van der Waals surface area (Å²) in [7, 11) is 0. The van der Waals surface area contributed by atoms with Crippen LogP contribution in [0, 0.1) is 18.7 Å². The first-order valence-corrected chi connectivity index (χ1v) is 22.9. The van der Waals surface area contributed by atoms with Crippen molar-refractivity contribution in [3.8, 4) is 11.4 Å². The number of primary amides is 1. The van der Waals surface area contributed by atoms with Gasteiger partial charge in [0.25, 0.3) is 5.56 Å². The Balaban J connectivity index is 0.00000825. The molecule has 21 nitrogen and oxygen atoms in total. The minimum absolute atomic E-state index is 0. The fraction of sp³-hybridized carbons (Fsp3) is 0.438. The molecule has 7 rings (SSSR count). The van der Waals surface area contributed by atoms with Crippen LogP contribution >= 0.6 is 0 Å². The summed E-state index contributed by atoms with van der Waals surface area (Å²) in [5, 5.41) is 27.7. The van der Waals surface area contributed by atoms with Crippen LogP contribution in [-0.4, -0.2) is 88.8 Å². The summed E-state index contributed by atoms with van der Waals surface area (Å²) in [6.07, 6.45) is 1.98. The first kappa shape index (κ1) is 54.0. The van der Waals surface area contributed by atoms with Gasteiger partial charge in [-0.2, -0.15) is 6.41 Å². The number of carbonyl (C=O) groups excluding carboxylic acids is 7. The van der Waals surface area contributed by atoms with Crippen molar-refractivity contribution in [2.24, 2.45) is 11.7 Å². The number of esters is 1. The van der Waals surface area contributed by atoms with Crippen molar-refractivity contribution in [1.82, 2.24) is 41.5 Å². The molecule has 3 aliphatic rings. The molecule has 9 N–H and O–H groups in total. The van der Waals surface area contributed by atoms with Crippen molar-refractivity contribution in [2.45, 2.75) is 110 Å². The molecule has 0 saturated heterocycles. The number of hydrogen-bond donors (Lipinski definition) is 8. The van der Waals surface area contributed by atoms with Crippen molar-refractivity contribution >= 4 is 53.1 Å². The molecular formula is C48H55FN9O12Y-. The molecule has 0 bridgehead atoms. The minimum atomic E-state index is -2.03. The normalized spacial score (nSPS) is 17.0. The van der Waals surface area contributed by atoms with Gasteiger partial charge in [-0.1, -0.05) is 45.0 Å². The van der Waals surface area contributed by atoms with Crippen LogP contribution in [0.15, 0.2) is 41.2 Å². The molecule has 1 radical (unpaired) electrons. The number of amides is 7. The van der Waals surface area contributed by atoms with Gasteiger partial charge in [0.05, 0.1) is 41.1 Å². The number of aliphatic hydroxyl groups is 1. The number of carbonyl (C=O) groups is 6. The second-order valence-corrected chi connectivity index (χ2v) is 17.7. The molecule has 71 heavy (non-hydrogen) atoms. The summed E-state index contributed by atoms with van der Waals surface area (Å²) < 4.78 is 32.8. The molecule has 4 heterocycles. The maximum Gasteiger partial charge on any atom is 0.409 e. The van der Waals surface area contributed by atoms with E-state index in [0.29, 0.717) is 69.4 Å². The zero-order valence-corrected chi connectivity index (χ0v) is 42.5. The van der Waals surface area contributed by atoms with Crippen LogP contribution in [0.25, 0.3) is 22.3 Å². The van der Waals surface area contributed by atoms with E-state index in [1.165, 1.54) is 17.0 Å². The third kappa shape index (κ3) is 11.7. The number of fused-ring (bicyclic) bond motifs is 5. The van der Waals surface area contributed by atoms with Gasteiger partial charge in [-0.05, 0) is 78.8 Å². The van der Waals surface area contributed by atoms with Gasteiger partial charge in [0, 0.05) is 68.4 Å². The third-order valence-corrected chi connectivity index (χ3v) is 12.9. The van der Waals surface area contributed by atoms with Crippen LogP contribution < -0.4 is 43.2 Å². The maximum absolute atomic E-state index is 15.3. The summed E-state index contributed by atoms with van der Waals surface area (Å²) >= 11 is 0. The molecule has 2 aromatic heterocycles. The Bertz CT molecular complexity index is 2810. The predicted octanol–water partition coefficient (Wildman–Crippen LogP) is 1.76. The van der Waals surface area contributed by atoms with Crippen LogP contribution in [0.5, 0.6) is 0 Å². The zero-order chi connectivity index (χ0) is 50.4. The second kappa shape index (κ2) is 23.3. The molecule has 0 fully saturated rings. The van der Waals surface area contributed by atoms with E-state index in [0.717, 1.165) is 5.56 Å². The van der Waals surface area contributed by atoms with Crippen molar-refractivity contribution in [3.63, 3.8) is 0 Å². The Morgan fingerprint density at radius 3 is 2.46 bits per heavy atom. The predicted molar refractivity (Wildman–Crippen MR) is 247 cm³/mol. The molecule has 2 aliphatic heterocycles. The molecule has 1 aliphatic carbocycles. The number of nitrogens with zero attached hydrogens (tertiary/aromatic N) is 2. The van der Waals surface area contributed by atoms with Gasteiger partial charge < -0.3 is 61.0 Å². The average molecular weight is 1060 g/mol. The molecule has 2 aromatic carbocycles. The van der Waals surface area contributed by atoms with Gasteiger partial charge in [0.2, 0.25) is 17.7 Å². The van der Waals surface area contributed by atoms with Crippen molar-refractivity contribution < 1.29 is 90.0 Å². The van der Waals surface area contributed by atoms with E-state index < -0.39 is 77.5 Å². The van der Waals surface area contributed by atoms with Gasteiger partial charge in [-0.3, -0.25) is 24.5 Å². The van der Waals surface area contributed by atoms with Crippen LogP contribution in [-0.2, 0) is 109 Å². The Morgan fingerprint density at radius 1 is 1.04 bits per heavy atom. The number of nitrogens with one attached hydrogen (secondary N) is 6. The van der Waals surface area contributed by atoms with E-state index in [4.69, 9.17) is 24.9 Å². The number of cyclic esters (lactones) is 1. The molecule has 0 unspecified atom stereocenters. The Labute approximate surface area is 432 Å². The average Bonchev–Trinajstić information content (AvgIpc) is 3.70. The van der Waals surface area contributed by atoms with E-state index in [2.05, 4.69) is 31.9 Å². The largest absolute Gasteiger partial charge is 0.520 e. The molecule has 4 atom stereocenters. The Hall–Kier alpha value is -6.36. The van der Waals surface area contributed by atoms with E-state index in [-0.39, 0.29) is 102 Å². The van der Waals surface area contributed by atoms with E-state index in [9.17, 15) is 43.5 Å². The number of benzene rings is 2. The number of aryl methyl sites for hydroxylation is 1. The van der Waals surface area contributed by atoms with Crippen LogP contribution in [0.3, 0.4) is 0 Å². The number of halogens is 1. The first-order valence-electron chi connectivity index (χ1n) is 22.9. The monoisotopic (exact) mass is 1060 g/mol. The van der Waals surface area contributed by atoms with E-state index >= 15 is 4.39 Å².